The van der Waals surface area contributed by atoms with Crippen LogP contribution in [-0.2, 0) is 18.7 Å². The number of amides is 2. The second-order valence-electron chi connectivity index (χ2n) is 9.93. The minimum absolute atomic E-state index is 0.241. The predicted molar refractivity (Wildman–Crippen MR) is 164 cm³/mol. The Morgan fingerprint density at radius 3 is 1.95 bits per heavy atom. The molecule has 1 unspecified atom stereocenters. The zero-order valence-electron chi connectivity index (χ0n) is 22.8. The summed E-state index contributed by atoms with van der Waals surface area (Å²) in [7, 11) is -4.90. The quantitative estimate of drug-likeness (QED) is 0.266. The molecule has 2 aliphatic heterocycles. The fourth-order valence-corrected chi connectivity index (χ4v) is 13.3. The topological polar surface area (TPSA) is 102 Å². The Morgan fingerprint density at radius 1 is 0.881 bits per heavy atom. The van der Waals surface area contributed by atoms with Gasteiger partial charge in [-0.1, -0.05) is 0 Å². The van der Waals surface area contributed by atoms with Gasteiger partial charge in [0.25, 0.3) is 0 Å². The Morgan fingerprint density at radius 2 is 1.45 bits per heavy atom. The van der Waals surface area contributed by atoms with Crippen molar-refractivity contribution in [3.8, 4) is 0 Å². The molecule has 0 saturated carbocycles. The molecule has 214 valence electrons. The Bertz CT molecular complexity index is 1660. The molecule has 1 aromatic heterocycles. The van der Waals surface area contributed by atoms with Crippen LogP contribution in [0, 0.1) is 0 Å². The van der Waals surface area contributed by atoms with Crippen LogP contribution >= 0.6 is 6.83 Å². The molecular formula is C31H29N4O5PS. The van der Waals surface area contributed by atoms with Gasteiger partial charge in [-0.15, -0.1) is 0 Å². The first-order chi connectivity index (χ1) is 20.4. The number of hydrogen-bond acceptors (Lipinski definition) is 7. The van der Waals surface area contributed by atoms with Gasteiger partial charge < -0.3 is 0 Å². The number of rotatable bonds is 9. The van der Waals surface area contributed by atoms with Crippen molar-refractivity contribution in [1.82, 2.24) is 19.9 Å². The summed E-state index contributed by atoms with van der Waals surface area (Å²) < 4.78 is 40.8. The van der Waals surface area contributed by atoms with E-state index in [4.69, 9.17) is 8.25 Å². The fourth-order valence-electron chi connectivity index (χ4n) is 5.78. The van der Waals surface area contributed by atoms with Gasteiger partial charge in [-0.05, 0) is 0 Å². The average Bonchev–Trinajstić information content (AvgIpc) is 3.26. The molecule has 4 aromatic rings. The molecule has 3 aromatic carbocycles. The number of allylic oxidation sites excluding steroid dienone is 1. The van der Waals surface area contributed by atoms with Crippen LogP contribution in [0.1, 0.15) is 12.6 Å². The molecule has 6 rings (SSSR count). The molecule has 3 heterocycles. The van der Waals surface area contributed by atoms with Crippen molar-refractivity contribution in [1.29, 1.82) is 0 Å². The maximum atomic E-state index is 14.3. The van der Waals surface area contributed by atoms with Crippen molar-refractivity contribution in [3.63, 3.8) is 0 Å². The zero-order chi connectivity index (χ0) is 29.2. The summed E-state index contributed by atoms with van der Waals surface area (Å²) >= 11 is 0. The summed E-state index contributed by atoms with van der Waals surface area (Å²) in [5.74, 6) is 1.84. The van der Waals surface area contributed by atoms with E-state index in [1.54, 1.807) is 24.7 Å². The first-order valence-corrected chi connectivity index (χ1v) is 17.0. The number of fused-ring (bicyclic) bond motifs is 2. The van der Waals surface area contributed by atoms with Gasteiger partial charge in [0, 0.05) is 0 Å². The van der Waals surface area contributed by atoms with Gasteiger partial charge in [-0.25, -0.2) is 0 Å². The van der Waals surface area contributed by atoms with Crippen molar-refractivity contribution in [2.24, 2.45) is 0 Å². The van der Waals surface area contributed by atoms with Crippen LogP contribution in [0.15, 0.2) is 128 Å². The van der Waals surface area contributed by atoms with Crippen LogP contribution < -0.4 is 15.9 Å². The van der Waals surface area contributed by atoms with Gasteiger partial charge in [-0.2, -0.15) is 0 Å². The molecule has 2 aliphatic rings. The third-order valence-electron chi connectivity index (χ3n) is 7.54. The van der Waals surface area contributed by atoms with Gasteiger partial charge in [-0.3, -0.25) is 0 Å². The molecule has 1 atom stereocenters. The summed E-state index contributed by atoms with van der Waals surface area (Å²) in [6.07, 6.45) is 8.31. The SMILES string of the molecule is CC=CP(OS(=O)(=O)ON1C(=O)N2CC=C(c3cnccn3)C1C2)(c1ccccc1)(c1ccccc1)c1ccccc1. The van der Waals surface area contributed by atoms with E-state index >= 15 is 0 Å². The summed E-state index contributed by atoms with van der Waals surface area (Å²) in [4.78, 5) is 23.4. The summed E-state index contributed by atoms with van der Waals surface area (Å²) in [6, 6.07) is 26.6. The van der Waals surface area contributed by atoms with E-state index in [-0.39, 0.29) is 13.1 Å². The number of carbonyl (C=O) groups is 1. The Balaban J connectivity index is 1.51. The van der Waals surface area contributed by atoms with E-state index in [2.05, 4.69) is 9.97 Å². The molecule has 1 fully saturated rings. The molecule has 0 aliphatic carbocycles. The number of aromatic nitrogens is 2. The molecule has 2 amide bonds. The first-order valence-electron chi connectivity index (χ1n) is 13.4. The van der Waals surface area contributed by atoms with E-state index < -0.39 is 29.3 Å². The maximum absolute atomic E-state index is 14.3. The Labute approximate surface area is 245 Å². The molecular weight excluding hydrogens is 571 g/mol. The zero-order valence-corrected chi connectivity index (χ0v) is 24.5. The van der Waals surface area contributed by atoms with Crippen molar-refractivity contribution in [3.05, 3.63) is 133 Å². The second-order valence-corrected chi connectivity index (χ2v) is 15.5. The molecule has 9 nitrogen and oxygen atoms in total. The summed E-state index contributed by atoms with van der Waals surface area (Å²) in [5, 5.41) is 2.84. The summed E-state index contributed by atoms with van der Waals surface area (Å²) in [6.45, 7) is -2.07. The van der Waals surface area contributed by atoms with E-state index in [0.29, 0.717) is 27.2 Å². The number of benzene rings is 3. The van der Waals surface area contributed by atoms with E-state index in [0.717, 1.165) is 5.06 Å². The normalized spacial score (nSPS) is 18.1. The first kappa shape index (κ1) is 27.9. The number of hydroxylamine groups is 2. The number of hydrogen-bond donors (Lipinski definition) is 0. The number of nitrogens with zero attached hydrogens (tertiary/aromatic N) is 4. The Kier molecular flexibility index (Phi) is 7.24. The molecule has 0 radical (unpaired) electrons. The Hall–Kier alpha value is -4.21. The van der Waals surface area contributed by atoms with Gasteiger partial charge in [0.1, 0.15) is 0 Å². The molecule has 42 heavy (non-hydrogen) atoms. The van der Waals surface area contributed by atoms with Crippen LogP contribution in [0.3, 0.4) is 0 Å². The van der Waals surface area contributed by atoms with Gasteiger partial charge in [0.05, 0.1) is 0 Å². The minimum atomic E-state index is -4.90. The summed E-state index contributed by atoms with van der Waals surface area (Å²) in [5.41, 5.74) is 1.19. The van der Waals surface area contributed by atoms with E-state index in [1.807, 2.05) is 110 Å². The monoisotopic (exact) mass is 600 g/mol. The third kappa shape index (κ3) is 4.53. The predicted octanol–water partition coefficient (Wildman–Crippen LogP) is 4.15. The van der Waals surface area contributed by atoms with Crippen molar-refractivity contribution < 1.29 is 21.5 Å². The van der Waals surface area contributed by atoms with Crippen molar-refractivity contribution in [2.45, 2.75) is 13.0 Å². The average molecular weight is 601 g/mol. The number of carbonyl (C=O) groups excluding carboxylic acids is 1. The van der Waals surface area contributed by atoms with Crippen LogP contribution in [0.4, 0.5) is 4.79 Å². The van der Waals surface area contributed by atoms with Crippen LogP contribution in [0.5, 0.6) is 0 Å². The second kappa shape index (κ2) is 10.9. The molecule has 2 bridgehead atoms. The number of urea groups is 1. The third-order valence-corrected chi connectivity index (χ3v) is 14.7. The molecule has 0 spiro atoms. The van der Waals surface area contributed by atoms with Crippen molar-refractivity contribution >= 4 is 44.7 Å². The van der Waals surface area contributed by atoms with E-state index in [9.17, 15) is 13.2 Å². The molecule has 0 N–H and O–H groups in total. The standard InChI is InChI=1S/C31H29N4O5PS/c1-2-22-41(25-12-6-3-7-13-25,26-14-8-4-9-15-26,27-16-10-5-11-17-27)40-42(37,38)39-35-30-24-34(31(35)36)21-18-28(30)29-23-32-19-20-33-29/h2-20,22-23,30H,21,24H2,1H3. The van der Waals surface area contributed by atoms with Crippen LogP contribution in [0.25, 0.3) is 5.57 Å². The molecule has 11 heteroatoms. The molecule has 1 saturated heterocycles. The van der Waals surface area contributed by atoms with Gasteiger partial charge in [0.2, 0.25) is 0 Å². The van der Waals surface area contributed by atoms with Crippen LogP contribution in [0.2, 0.25) is 0 Å². The van der Waals surface area contributed by atoms with Crippen molar-refractivity contribution in [2.75, 3.05) is 13.1 Å². The fraction of sp³-hybridized carbons (Fsp3) is 0.129. The van der Waals surface area contributed by atoms with E-state index in [1.165, 1.54) is 4.90 Å². The van der Waals surface area contributed by atoms with Gasteiger partial charge >= 0.3 is 245 Å². The van der Waals surface area contributed by atoms with Gasteiger partial charge in [0.15, 0.2) is 0 Å². The van der Waals surface area contributed by atoms with Crippen LogP contribution in [-0.4, -0.2) is 53.5 Å².